The van der Waals surface area contributed by atoms with Crippen LogP contribution in [0, 0.1) is 17.2 Å². The fourth-order valence-electron chi connectivity index (χ4n) is 4.24. The second kappa shape index (κ2) is 7.87. The van der Waals surface area contributed by atoms with Crippen molar-refractivity contribution < 1.29 is 0 Å². The Morgan fingerprint density at radius 3 is 2.55 bits per heavy atom. The van der Waals surface area contributed by atoms with Gasteiger partial charge < -0.3 is 16.0 Å². The van der Waals surface area contributed by atoms with E-state index in [4.69, 9.17) is 11.1 Å². The Labute approximate surface area is 124 Å². The molecule has 4 nitrogen and oxygen atoms in total. The molecule has 4 heteroatoms. The zero-order valence-electron chi connectivity index (χ0n) is 13.0. The molecule has 1 aliphatic carbocycles. The molecule has 0 aromatic heterocycles. The molecule has 4 N–H and O–H groups in total. The first-order chi connectivity index (χ1) is 9.72. The minimum atomic E-state index is 0.277. The number of nitrogens with two attached hydrogens (primary N) is 1. The van der Waals surface area contributed by atoms with E-state index in [1.165, 1.54) is 57.8 Å². The fraction of sp³-hybridized carbons (Fsp3) is 0.938. The first kappa shape index (κ1) is 15.6. The lowest BCUT2D eigenvalue weighted by atomic mass is 9.78. The fourth-order valence-corrected chi connectivity index (χ4v) is 4.24. The van der Waals surface area contributed by atoms with Crippen LogP contribution in [0.15, 0.2) is 0 Å². The molecule has 1 unspecified atom stereocenters. The van der Waals surface area contributed by atoms with Crippen LogP contribution >= 0.6 is 0 Å². The van der Waals surface area contributed by atoms with E-state index < -0.39 is 0 Å². The Hall–Kier alpha value is -0.770. The van der Waals surface area contributed by atoms with E-state index in [-0.39, 0.29) is 5.96 Å². The molecule has 0 amide bonds. The highest BCUT2D eigenvalue weighted by Gasteiger charge is 2.32. The molecule has 1 saturated carbocycles. The van der Waals surface area contributed by atoms with Gasteiger partial charge in [-0.1, -0.05) is 32.1 Å². The van der Waals surface area contributed by atoms with E-state index >= 15 is 0 Å². The summed E-state index contributed by atoms with van der Waals surface area (Å²) < 4.78 is 0. The van der Waals surface area contributed by atoms with E-state index in [0.29, 0.717) is 12.0 Å². The van der Waals surface area contributed by atoms with Crippen LogP contribution < -0.4 is 11.1 Å². The van der Waals surface area contributed by atoms with Crippen molar-refractivity contribution in [1.82, 2.24) is 10.2 Å². The third-order valence-corrected chi connectivity index (χ3v) is 5.23. The van der Waals surface area contributed by atoms with Crippen LogP contribution in [0.3, 0.4) is 0 Å². The average Bonchev–Trinajstić information content (AvgIpc) is 2.48. The van der Waals surface area contributed by atoms with Crippen molar-refractivity contribution in [2.45, 2.75) is 63.8 Å². The molecule has 2 atom stereocenters. The molecular weight excluding hydrogens is 248 g/mol. The monoisotopic (exact) mass is 280 g/mol. The summed E-state index contributed by atoms with van der Waals surface area (Å²) >= 11 is 0. The standard InChI is InChI=1S/C16H32N4/c1-19-12-14(11-13-7-3-2-4-8-13)15-9-5-6-10-20(15)16(17)18/h13-15,19H,2-12H2,1H3,(H3,17,18)/t14-,15?/m0/s1. The summed E-state index contributed by atoms with van der Waals surface area (Å²) in [6.07, 6.45) is 12.1. The zero-order chi connectivity index (χ0) is 14.4. The predicted octanol–water partition coefficient (Wildman–Crippen LogP) is 2.54. The zero-order valence-corrected chi connectivity index (χ0v) is 13.0. The maximum Gasteiger partial charge on any atom is 0.188 e. The Kier molecular flexibility index (Phi) is 6.14. The van der Waals surface area contributed by atoms with E-state index in [1.54, 1.807) is 0 Å². The second-order valence-electron chi connectivity index (χ2n) is 6.70. The van der Waals surface area contributed by atoms with Crippen LogP contribution in [0.4, 0.5) is 0 Å². The smallest absolute Gasteiger partial charge is 0.188 e. The van der Waals surface area contributed by atoms with Gasteiger partial charge in [-0.15, -0.1) is 0 Å². The maximum atomic E-state index is 7.85. The summed E-state index contributed by atoms with van der Waals surface area (Å²) in [6, 6.07) is 0.482. The molecule has 0 spiro atoms. The van der Waals surface area contributed by atoms with Gasteiger partial charge in [0.25, 0.3) is 0 Å². The van der Waals surface area contributed by atoms with Crippen LogP contribution in [0.25, 0.3) is 0 Å². The topological polar surface area (TPSA) is 65.1 Å². The Bertz CT molecular complexity index is 299. The van der Waals surface area contributed by atoms with Crippen LogP contribution in [-0.4, -0.2) is 37.0 Å². The number of nitrogens with zero attached hydrogens (tertiary/aromatic N) is 1. The highest BCUT2D eigenvalue weighted by molar-refractivity contribution is 5.75. The molecule has 20 heavy (non-hydrogen) atoms. The van der Waals surface area contributed by atoms with Gasteiger partial charge in [-0.25, -0.2) is 0 Å². The average molecular weight is 280 g/mol. The van der Waals surface area contributed by atoms with E-state index in [1.807, 2.05) is 0 Å². The number of rotatable bonds is 5. The van der Waals surface area contributed by atoms with Gasteiger partial charge in [0.15, 0.2) is 5.96 Å². The third-order valence-electron chi connectivity index (χ3n) is 5.23. The summed E-state index contributed by atoms with van der Waals surface area (Å²) in [5, 5.41) is 11.2. The molecule has 1 heterocycles. The van der Waals surface area contributed by atoms with E-state index in [2.05, 4.69) is 17.3 Å². The highest BCUT2D eigenvalue weighted by atomic mass is 15.3. The number of nitrogens with one attached hydrogen (secondary N) is 2. The van der Waals surface area contributed by atoms with Gasteiger partial charge in [0, 0.05) is 12.6 Å². The highest BCUT2D eigenvalue weighted by Crippen LogP contribution is 2.33. The number of hydrogen-bond acceptors (Lipinski definition) is 2. The minimum Gasteiger partial charge on any atom is -0.370 e. The quantitative estimate of drug-likeness (QED) is 0.535. The summed E-state index contributed by atoms with van der Waals surface area (Å²) in [6.45, 7) is 2.04. The minimum absolute atomic E-state index is 0.277. The first-order valence-corrected chi connectivity index (χ1v) is 8.47. The number of piperidine rings is 1. The van der Waals surface area contributed by atoms with Crippen LogP contribution in [-0.2, 0) is 0 Å². The largest absolute Gasteiger partial charge is 0.370 e. The maximum absolute atomic E-state index is 7.85. The number of likely N-dealkylation sites (tertiary alicyclic amines) is 1. The molecule has 0 aromatic carbocycles. The summed E-state index contributed by atoms with van der Waals surface area (Å²) in [5.74, 6) is 1.82. The molecule has 2 aliphatic rings. The van der Waals surface area contributed by atoms with Crippen molar-refractivity contribution in [1.29, 1.82) is 5.41 Å². The summed E-state index contributed by atoms with van der Waals surface area (Å²) in [4.78, 5) is 2.16. The Morgan fingerprint density at radius 2 is 1.90 bits per heavy atom. The lowest BCUT2D eigenvalue weighted by Gasteiger charge is -2.42. The molecule has 2 fully saturated rings. The van der Waals surface area contributed by atoms with Crippen molar-refractivity contribution in [2.75, 3.05) is 20.1 Å². The van der Waals surface area contributed by atoms with Gasteiger partial charge in [0.1, 0.15) is 0 Å². The van der Waals surface area contributed by atoms with Crippen molar-refractivity contribution in [3.05, 3.63) is 0 Å². The Morgan fingerprint density at radius 1 is 1.20 bits per heavy atom. The molecule has 0 bridgehead atoms. The van der Waals surface area contributed by atoms with Gasteiger partial charge in [0.2, 0.25) is 0 Å². The lowest BCUT2D eigenvalue weighted by molar-refractivity contribution is 0.141. The molecule has 116 valence electrons. The second-order valence-corrected chi connectivity index (χ2v) is 6.70. The van der Waals surface area contributed by atoms with E-state index in [0.717, 1.165) is 19.0 Å². The first-order valence-electron chi connectivity index (χ1n) is 8.47. The van der Waals surface area contributed by atoms with Crippen molar-refractivity contribution in [3.8, 4) is 0 Å². The molecule has 0 aromatic rings. The molecule has 1 aliphatic heterocycles. The summed E-state index contributed by atoms with van der Waals surface area (Å²) in [7, 11) is 2.05. The molecule has 0 radical (unpaired) electrons. The van der Waals surface area contributed by atoms with Gasteiger partial charge >= 0.3 is 0 Å². The summed E-state index contributed by atoms with van der Waals surface area (Å²) in [5.41, 5.74) is 5.81. The van der Waals surface area contributed by atoms with Crippen molar-refractivity contribution in [3.63, 3.8) is 0 Å². The number of guanidine groups is 1. The third kappa shape index (κ3) is 4.11. The normalized spacial score (nSPS) is 26.4. The van der Waals surface area contributed by atoms with Gasteiger partial charge in [0.05, 0.1) is 0 Å². The predicted molar refractivity (Wildman–Crippen MR) is 84.9 cm³/mol. The molecule has 2 rings (SSSR count). The van der Waals surface area contributed by atoms with Crippen molar-refractivity contribution >= 4 is 5.96 Å². The molecule has 1 saturated heterocycles. The van der Waals surface area contributed by atoms with Crippen LogP contribution in [0.2, 0.25) is 0 Å². The van der Waals surface area contributed by atoms with Crippen LogP contribution in [0.1, 0.15) is 57.8 Å². The van der Waals surface area contributed by atoms with E-state index in [9.17, 15) is 0 Å². The van der Waals surface area contributed by atoms with Crippen molar-refractivity contribution in [2.24, 2.45) is 17.6 Å². The van der Waals surface area contributed by atoms with Crippen LogP contribution in [0.5, 0.6) is 0 Å². The van der Waals surface area contributed by atoms with Gasteiger partial charge in [-0.2, -0.15) is 0 Å². The number of hydrogen-bond donors (Lipinski definition) is 3. The molecular formula is C16H32N4. The van der Waals surface area contributed by atoms with Gasteiger partial charge in [-0.3, -0.25) is 5.41 Å². The Balaban J connectivity index is 1.99. The van der Waals surface area contributed by atoms with Gasteiger partial charge in [-0.05, 0) is 51.1 Å². The SMILES string of the molecule is CNC[C@H](CC1CCCCC1)C1CCCCN1C(=N)N. The lowest BCUT2D eigenvalue weighted by Crippen LogP contribution is -2.52.